The van der Waals surface area contributed by atoms with Gasteiger partial charge in [0.1, 0.15) is 0 Å². The lowest BCUT2D eigenvalue weighted by atomic mass is 9.78. The Morgan fingerprint density at radius 3 is 2.50 bits per heavy atom. The van der Waals surface area contributed by atoms with Gasteiger partial charge in [0, 0.05) is 6.07 Å². The van der Waals surface area contributed by atoms with Gasteiger partial charge in [0.2, 0.25) is 5.91 Å². The van der Waals surface area contributed by atoms with Crippen molar-refractivity contribution in [1.82, 2.24) is 0 Å². The summed E-state index contributed by atoms with van der Waals surface area (Å²) in [6, 6.07) is 4.45. The third-order valence-electron chi connectivity index (χ3n) is 4.18. The number of nitro groups is 1. The van der Waals surface area contributed by atoms with Crippen LogP contribution in [0.4, 0.5) is 11.4 Å². The highest BCUT2D eigenvalue weighted by Crippen LogP contribution is 2.32. The predicted molar refractivity (Wildman–Crippen MR) is 79.5 cm³/mol. The van der Waals surface area contributed by atoms with Crippen LogP contribution in [0.1, 0.15) is 31.2 Å². The Morgan fingerprint density at radius 1 is 1.27 bits per heavy atom. The van der Waals surface area contributed by atoms with Gasteiger partial charge in [-0.3, -0.25) is 19.7 Å². The van der Waals surface area contributed by atoms with Crippen molar-refractivity contribution in [3.8, 4) is 0 Å². The number of hydrogen-bond acceptors (Lipinski definition) is 4. The number of nitrogens with zero attached hydrogens (tertiary/aromatic N) is 1. The molecule has 0 bridgehead atoms. The molecule has 0 radical (unpaired) electrons. The fourth-order valence-electron chi connectivity index (χ4n) is 2.92. The third-order valence-corrected chi connectivity index (χ3v) is 4.18. The highest BCUT2D eigenvalue weighted by Gasteiger charge is 2.36. The molecule has 0 aliphatic heterocycles. The molecular formula is C15H18N2O5. The van der Waals surface area contributed by atoms with Crippen LogP contribution in [0, 0.1) is 28.9 Å². The van der Waals surface area contributed by atoms with Crippen molar-refractivity contribution in [3.63, 3.8) is 0 Å². The summed E-state index contributed by atoms with van der Waals surface area (Å²) in [6.07, 6.45) is 2.63. The fraction of sp³-hybridized carbons (Fsp3) is 0.467. The average molecular weight is 306 g/mol. The number of hydrogen-bond donors (Lipinski definition) is 2. The van der Waals surface area contributed by atoms with E-state index in [4.69, 9.17) is 0 Å². The maximum absolute atomic E-state index is 12.4. The van der Waals surface area contributed by atoms with Crippen molar-refractivity contribution >= 4 is 23.3 Å². The molecule has 1 saturated carbocycles. The van der Waals surface area contributed by atoms with Crippen LogP contribution in [0.3, 0.4) is 0 Å². The van der Waals surface area contributed by atoms with Gasteiger partial charge < -0.3 is 10.4 Å². The summed E-state index contributed by atoms with van der Waals surface area (Å²) in [6.45, 7) is 1.56. The monoisotopic (exact) mass is 306 g/mol. The normalized spacial score (nSPS) is 21.1. The van der Waals surface area contributed by atoms with Crippen molar-refractivity contribution in [1.29, 1.82) is 0 Å². The molecular weight excluding hydrogens is 288 g/mol. The molecule has 7 heteroatoms. The third kappa shape index (κ3) is 3.24. The Hall–Kier alpha value is -2.44. The zero-order valence-electron chi connectivity index (χ0n) is 12.2. The number of anilines is 1. The van der Waals surface area contributed by atoms with E-state index in [9.17, 15) is 24.8 Å². The quantitative estimate of drug-likeness (QED) is 0.656. The van der Waals surface area contributed by atoms with Crippen molar-refractivity contribution < 1.29 is 19.6 Å². The summed E-state index contributed by atoms with van der Waals surface area (Å²) in [5, 5.41) is 22.8. The van der Waals surface area contributed by atoms with E-state index in [1.807, 2.05) is 0 Å². The minimum Gasteiger partial charge on any atom is -0.481 e. The number of carboxylic acids is 1. The Morgan fingerprint density at radius 2 is 1.91 bits per heavy atom. The van der Waals surface area contributed by atoms with Gasteiger partial charge >= 0.3 is 5.97 Å². The molecule has 1 aromatic rings. The Labute approximate surface area is 127 Å². The topological polar surface area (TPSA) is 110 Å². The molecule has 2 atom stereocenters. The average Bonchev–Trinajstić information content (AvgIpc) is 2.49. The summed E-state index contributed by atoms with van der Waals surface area (Å²) >= 11 is 0. The molecule has 22 heavy (non-hydrogen) atoms. The molecule has 1 amide bonds. The standard InChI is InChI=1S/C15H18N2O5/c1-9-12(7-4-8-13(9)17(21)22)16-14(18)10-5-2-3-6-11(10)15(19)20/h4,7-8,10-11H,2-3,5-6H2,1H3,(H,16,18)(H,19,20)/t10-,11-/m0/s1. The van der Waals surface area contributed by atoms with E-state index in [-0.39, 0.29) is 11.6 Å². The lowest BCUT2D eigenvalue weighted by Crippen LogP contribution is -2.36. The SMILES string of the molecule is Cc1c(NC(=O)[C@H]2CCCC[C@@H]2C(=O)O)cccc1[N+](=O)[O-]. The highest BCUT2D eigenvalue weighted by molar-refractivity contribution is 5.96. The van der Waals surface area contributed by atoms with Crippen molar-refractivity contribution in [2.45, 2.75) is 32.6 Å². The Kier molecular flexibility index (Phi) is 4.75. The number of rotatable bonds is 4. The molecule has 0 unspecified atom stereocenters. The minimum atomic E-state index is -0.962. The first-order valence-corrected chi connectivity index (χ1v) is 7.19. The van der Waals surface area contributed by atoms with Crippen molar-refractivity contribution in [2.24, 2.45) is 11.8 Å². The molecule has 2 rings (SSSR count). The van der Waals surface area contributed by atoms with Crippen LogP contribution < -0.4 is 5.32 Å². The molecule has 0 saturated heterocycles. The van der Waals surface area contributed by atoms with E-state index in [1.165, 1.54) is 12.1 Å². The van der Waals surface area contributed by atoms with Gasteiger partial charge in [-0.25, -0.2) is 0 Å². The summed E-state index contributed by atoms with van der Waals surface area (Å²) in [5.74, 6) is -2.62. The molecule has 0 spiro atoms. The minimum absolute atomic E-state index is 0.0729. The van der Waals surface area contributed by atoms with Gasteiger partial charge in [-0.1, -0.05) is 18.9 Å². The molecule has 0 aromatic heterocycles. The summed E-state index contributed by atoms with van der Waals surface area (Å²) in [4.78, 5) is 34.0. The van der Waals surface area contributed by atoms with E-state index in [0.29, 0.717) is 24.1 Å². The van der Waals surface area contributed by atoms with E-state index in [1.54, 1.807) is 13.0 Å². The fourth-order valence-corrected chi connectivity index (χ4v) is 2.92. The Bertz CT molecular complexity index is 614. The lowest BCUT2D eigenvalue weighted by Gasteiger charge is -2.27. The second-order valence-corrected chi connectivity index (χ2v) is 5.53. The maximum Gasteiger partial charge on any atom is 0.307 e. The van der Waals surface area contributed by atoms with E-state index >= 15 is 0 Å². The van der Waals surface area contributed by atoms with Gasteiger partial charge in [0.05, 0.1) is 28.0 Å². The van der Waals surface area contributed by atoms with Crippen molar-refractivity contribution in [3.05, 3.63) is 33.9 Å². The van der Waals surface area contributed by atoms with Crippen LogP contribution >= 0.6 is 0 Å². The number of benzene rings is 1. The van der Waals surface area contributed by atoms with Gasteiger partial charge in [0.15, 0.2) is 0 Å². The zero-order valence-corrected chi connectivity index (χ0v) is 12.2. The smallest absolute Gasteiger partial charge is 0.307 e. The van der Waals surface area contributed by atoms with E-state index < -0.39 is 22.7 Å². The first-order valence-electron chi connectivity index (χ1n) is 7.19. The molecule has 2 N–H and O–H groups in total. The van der Waals surface area contributed by atoms with Gasteiger partial charge in [-0.2, -0.15) is 0 Å². The molecule has 1 aliphatic rings. The lowest BCUT2D eigenvalue weighted by molar-refractivity contribution is -0.385. The van der Waals surface area contributed by atoms with Crippen LogP contribution in [0.2, 0.25) is 0 Å². The maximum atomic E-state index is 12.4. The van der Waals surface area contributed by atoms with Crippen molar-refractivity contribution in [2.75, 3.05) is 5.32 Å². The number of carboxylic acid groups (broad SMARTS) is 1. The van der Waals surface area contributed by atoms with Gasteiger partial charge in [-0.15, -0.1) is 0 Å². The predicted octanol–water partition coefficient (Wildman–Crippen LogP) is 2.73. The van der Waals surface area contributed by atoms with Gasteiger partial charge in [0.25, 0.3) is 5.69 Å². The second-order valence-electron chi connectivity index (χ2n) is 5.53. The number of carbonyl (C=O) groups excluding carboxylic acids is 1. The number of nitro benzene ring substituents is 1. The second kappa shape index (κ2) is 6.55. The molecule has 1 aliphatic carbocycles. The van der Waals surface area contributed by atoms with E-state index in [2.05, 4.69) is 5.32 Å². The van der Waals surface area contributed by atoms with Crippen LogP contribution in [0.15, 0.2) is 18.2 Å². The van der Waals surface area contributed by atoms with Crippen LogP contribution in [-0.4, -0.2) is 21.9 Å². The molecule has 1 fully saturated rings. The summed E-state index contributed by atoms with van der Waals surface area (Å²) in [7, 11) is 0. The Balaban J connectivity index is 2.19. The highest BCUT2D eigenvalue weighted by atomic mass is 16.6. The van der Waals surface area contributed by atoms with Crippen LogP contribution in [0.25, 0.3) is 0 Å². The first kappa shape index (κ1) is 15.9. The largest absolute Gasteiger partial charge is 0.481 e. The number of amides is 1. The number of aliphatic carboxylic acids is 1. The van der Waals surface area contributed by atoms with Gasteiger partial charge in [-0.05, 0) is 25.8 Å². The van der Waals surface area contributed by atoms with Crippen LogP contribution in [-0.2, 0) is 9.59 Å². The number of nitrogens with one attached hydrogen (secondary N) is 1. The molecule has 1 aromatic carbocycles. The van der Waals surface area contributed by atoms with E-state index in [0.717, 1.165) is 12.8 Å². The summed E-state index contributed by atoms with van der Waals surface area (Å²) in [5.41, 5.74) is 0.647. The molecule has 0 heterocycles. The zero-order chi connectivity index (χ0) is 16.3. The first-order chi connectivity index (χ1) is 10.4. The number of carbonyl (C=O) groups is 2. The molecule has 118 valence electrons. The molecule has 7 nitrogen and oxygen atoms in total. The summed E-state index contributed by atoms with van der Waals surface area (Å²) < 4.78 is 0. The van der Waals surface area contributed by atoms with Crippen LogP contribution in [0.5, 0.6) is 0 Å².